The van der Waals surface area contributed by atoms with E-state index in [0.717, 1.165) is 0 Å². The highest BCUT2D eigenvalue weighted by atomic mass is 32.2. The molecule has 54 valence electrons. The van der Waals surface area contributed by atoms with Gasteiger partial charge in [0.15, 0.2) is 5.62 Å². The third-order valence-corrected chi connectivity index (χ3v) is 1.15. The van der Waals surface area contributed by atoms with E-state index in [1.165, 1.54) is 0 Å². The van der Waals surface area contributed by atoms with Crippen LogP contribution in [0.5, 0.6) is 0 Å². The molecule has 0 amide bonds. The predicted octanol–water partition coefficient (Wildman–Crippen LogP) is 1.86. The van der Waals surface area contributed by atoms with E-state index in [0.29, 0.717) is 17.4 Å². The fraction of sp³-hybridized carbons (Fsp3) is 0.750. The SMILES string of the molecule is O=CSCCC(F)(F)F. The summed E-state index contributed by atoms with van der Waals surface area (Å²) in [4.78, 5) is 9.49. The quantitative estimate of drug-likeness (QED) is 0.460. The third-order valence-electron chi connectivity index (χ3n) is 0.571. The van der Waals surface area contributed by atoms with Crippen LogP contribution in [0.25, 0.3) is 0 Å². The van der Waals surface area contributed by atoms with Gasteiger partial charge in [0, 0.05) is 5.75 Å². The molecule has 0 spiro atoms. The van der Waals surface area contributed by atoms with Crippen LogP contribution in [-0.2, 0) is 4.79 Å². The molecule has 0 saturated carbocycles. The van der Waals surface area contributed by atoms with Crippen molar-refractivity contribution in [3.63, 3.8) is 0 Å². The van der Waals surface area contributed by atoms with Crippen molar-refractivity contribution in [3.05, 3.63) is 0 Å². The smallest absolute Gasteiger partial charge is 0.291 e. The summed E-state index contributed by atoms with van der Waals surface area (Å²) in [6.45, 7) is 0. The number of rotatable bonds is 3. The van der Waals surface area contributed by atoms with Crippen LogP contribution in [0.1, 0.15) is 6.42 Å². The summed E-state index contributed by atoms with van der Waals surface area (Å²) in [5.41, 5.74) is 0.408. The van der Waals surface area contributed by atoms with Crippen LogP contribution in [0.4, 0.5) is 13.2 Å². The van der Waals surface area contributed by atoms with Crippen molar-refractivity contribution >= 4 is 17.4 Å². The molecule has 0 fully saturated rings. The van der Waals surface area contributed by atoms with E-state index in [2.05, 4.69) is 0 Å². The molecule has 0 aromatic carbocycles. The number of hydrogen-bond acceptors (Lipinski definition) is 2. The minimum atomic E-state index is -4.13. The van der Waals surface area contributed by atoms with Crippen LogP contribution >= 0.6 is 11.8 Å². The second-order valence-corrected chi connectivity index (χ2v) is 2.27. The van der Waals surface area contributed by atoms with Crippen molar-refractivity contribution in [2.24, 2.45) is 0 Å². The van der Waals surface area contributed by atoms with Gasteiger partial charge in [0.1, 0.15) is 0 Å². The molecule has 5 heteroatoms. The second-order valence-electron chi connectivity index (χ2n) is 1.33. The van der Waals surface area contributed by atoms with Crippen LogP contribution in [0, 0.1) is 0 Å². The Morgan fingerprint density at radius 2 is 2.00 bits per heavy atom. The first kappa shape index (κ1) is 8.81. The van der Waals surface area contributed by atoms with Gasteiger partial charge in [0.2, 0.25) is 0 Å². The van der Waals surface area contributed by atoms with Crippen LogP contribution in [0.15, 0.2) is 0 Å². The van der Waals surface area contributed by atoms with Gasteiger partial charge in [0.05, 0.1) is 6.42 Å². The standard InChI is InChI=1S/C4H5F3OS/c5-4(6,7)1-2-9-3-8/h3H,1-2H2. The van der Waals surface area contributed by atoms with Crippen molar-refractivity contribution in [1.82, 2.24) is 0 Å². The molecule has 9 heavy (non-hydrogen) atoms. The second kappa shape index (κ2) is 3.76. The van der Waals surface area contributed by atoms with E-state index < -0.39 is 12.6 Å². The van der Waals surface area contributed by atoms with Crippen LogP contribution < -0.4 is 0 Å². The van der Waals surface area contributed by atoms with Crippen molar-refractivity contribution < 1.29 is 18.0 Å². The maximum Gasteiger partial charge on any atom is 0.389 e. The number of halogens is 3. The summed E-state index contributed by atoms with van der Waals surface area (Å²) in [5.74, 6) is -0.174. The fourth-order valence-electron chi connectivity index (χ4n) is 0.223. The van der Waals surface area contributed by atoms with Crippen LogP contribution in [-0.4, -0.2) is 17.5 Å². The molecular weight excluding hydrogens is 153 g/mol. The minimum absolute atomic E-state index is 0.174. The van der Waals surface area contributed by atoms with Crippen molar-refractivity contribution in [1.29, 1.82) is 0 Å². The number of carbonyl (C=O) groups excluding carboxylic acids is 1. The first-order valence-corrected chi connectivity index (χ1v) is 3.23. The molecule has 0 unspecified atom stereocenters. The minimum Gasteiger partial charge on any atom is -0.291 e. The van der Waals surface area contributed by atoms with Crippen LogP contribution in [0.3, 0.4) is 0 Å². The molecule has 0 atom stereocenters. The Balaban J connectivity index is 3.17. The summed E-state index contributed by atoms with van der Waals surface area (Å²) in [6, 6.07) is 0. The molecule has 0 bridgehead atoms. The molecule has 0 N–H and O–H groups in total. The largest absolute Gasteiger partial charge is 0.389 e. The Hall–Kier alpha value is -0.190. The number of alkyl halides is 3. The Morgan fingerprint density at radius 1 is 1.44 bits per heavy atom. The van der Waals surface area contributed by atoms with Gasteiger partial charge in [-0.3, -0.25) is 4.79 Å². The molecule has 0 radical (unpaired) electrons. The molecule has 0 aromatic heterocycles. The molecule has 0 saturated heterocycles. The van der Waals surface area contributed by atoms with E-state index in [4.69, 9.17) is 0 Å². The monoisotopic (exact) mass is 158 g/mol. The zero-order valence-electron chi connectivity index (χ0n) is 4.44. The predicted molar refractivity (Wildman–Crippen MR) is 29.9 cm³/mol. The fourth-order valence-corrected chi connectivity index (χ4v) is 0.668. The van der Waals surface area contributed by atoms with E-state index >= 15 is 0 Å². The van der Waals surface area contributed by atoms with Gasteiger partial charge in [-0.1, -0.05) is 11.8 Å². The molecule has 0 aliphatic heterocycles. The Labute approximate surface area is 54.6 Å². The Kier molecular flexibility index (Phi) is 3.68. The van der Waals surface area contributed by atoms with Gasteiger partial charge in [-0.2, -0.15) is 13.2 Å². The number of carbonyl (C=O) groups is 1. The van der Waals surface area contributed by atoms with E-state index in [1.54, 1.807) is 0 Å². The Bertz CT molecular complexity index is 90.3. The summed E-state index contributed by atoms with van der Waals surface area (Å²) in [6.07, 6.45) is -5.02. The average molecular weight is 158 g/mol. The normalized spacial score (nSPS) is 11.4. The topological polar surface area (TPSA) is 17.1 Å². The number of thioether (sulfide) groups is 1. The lowest BCUT2D eigenvalue weighted by atomic mass is 10.5. The van der Waals surface area contributed by atoms with Gasteiger partial charge in [-0.05, 0) is 0 Å². The molecule has 0 aliphatic carbocycles. The van der Waals surface area contributed by atoms with Gasteiger partial charge in [-0.15, -0.1) is 0 Å². The van der Waals surface area contributed by atoms with Gasteiger partial charge >= 0.3 is 6.18 Å². The molecule has 1 nitrogen and oxygen atoms in total. The highest BCUT2D eigenvalue weighted by Crippen LogP contribution is 2.20. The first-order valence-electron chi connectivity index (χ1n) is 2.18. The number of hydrogen-bond donors (Lipinski definition) is 0. The highest BCUT2D eigenvalue weighted by Gasteiger charge is 2.25. The summed E-state index contributed by atoms with van der Waals surface area (Å²) < 4.78 is 33.7. The summed E-state index contributed by atoms with van der Waals surface area (Å²) in [5, 5.41) is 0. The molecule has 0 aromatic rings. The van der Waals surface area contributed by atoms with Gasteiger partial charge < -0.3 is 0 Å². The zero-order chi connectivity index (χ0) is 7.33. The van der Waals surface area contributed by atoms with Crippen molar-refractivity contribution in [2.45, 2.75) is 12.6 Å². The lowest BCUT2D eigenvalue weighted by Crippen LogP contribution is -2.07. The van der Waals surface area contributed by atoms with Gasteiger partial charge in [-0.25, -0.2) is 0 Å². The first-order chi connectivity index (χ1) is 4.06. The lowest BCUT2D eigenvalue weighted by molar-refractivity contribution is -0.129. The van der Waals surface area contributed by atoms with E-state index in [9.17, 15) is 18.0 Å². The maximum absolute atomic E-state index is 11.2. The van der Waals surface area contributed by atoms with Crippen LogP contribution in [0.2, 0.25) is 0 Å². The zero-order valence-corrected chi connectivity index (χ0v) is 5.26. The molecule has 0 aliphatic rings. The highest BCUT2D eigenvalue weighted by molar-refractivity contribution is 8.11. The van der Waals surface area contributed by atoms with Crippen molar-refractivity contribution in [2.75, 3.05) is 5.75 Å². The average Bonchev–Trinajstić information content (AvgIpc) is 1.63. The summed E-state index contributed by atoms with van der Waals surface area (Å²) in [7, 11) is 0. The van der Waals surface area contributed by atoms with Crippen molar-refractivity contribution in [3.8, 4) is 0 Å². The molecular formula is C4H5F3OS. The lowest BCUT2D eigenvalue weighted by Gasteiger charge is -2.01. The van der Waals surface area contributed by atoms with Gasteiger partial charge in [0.25, 0.3) is 0 Å². The molecule has 0 heterocycles. The van der Waals surface area contributed by atoms with E-state index in [-0.39, 0.29) is 5.75 Å². The maximum atomic E-state index is 11.2. The third kappa shape index (κ3) is 7.81. The summed E-state index contributed by atoms with van der Waals surface area (Å²) >= 11 is 0.634. The molecule has 0 rings (SSSR count). The van der Waals surface area contributed by atoms with E-state index in [1.807, 2.05) is 0 Å². The Morgan fingerprint density at radius 3 is 2.33 bits per heavy atom.